The van der Waals surface area contributed by atoms with E-state index in [1.54, 1.807) is 19.1 Å². The Morgan fingerprint density at radius 3 is 2.47 bits per heavy atom. The van der Waals surface area contributed by atoms with Crippen LogP contribution in [0.4, 0.5) is 0 Å². The van der Waals surface area contributed by atoms with Crippen LogP contribution in [0, 0.1) is 0 Å². The molecule has 1 atom stereocenters. The van der Waals surface area contributed by atoms with Gasteiger partial charge in [-0.25, -0.2) is 0 Å². The first-order valence-electron chi connectivity index (χ1n) is 4.95. The van der Waals surface area contributed by atoms with Crippen LogP contribution in [0.3, 0.4) is 0 Å². The predicted molar refractivity (Wildman–Crippen MR) is 57.5 cm³/mol. The minimum atomic E-state index is -0.604. The molecule has 0 bridgehead atoms. The summed E-state index contributed by atoms with van der Waals surface area (Å²) >= 11 is 0. The van der Waals surface area contributed by atoms with E-state index in [0.717, 1.165) is 0 Å². The summed E-state index contributed by atoms with van der Waals surface area (Å²) in [6.07, 6.45) is 0.868. The number of rotatable bonds is 3. The van der Waals surface area contributed by atoms with E-state index in [1.807, 2.05) is 13.8 Å². The number of nitrogens with zero attached hydrogens (tertiary/aromatic N) is 1. The third-order valence-corrected chi connectivity index (χ3v) is 1.90. The molecular formula is C11H16N2O2. The number of carbonyl (C=O) groups is 1. The van der Waals surface area contributed by atoms with E-state index in [2.05, 4.69) is 10.3 Å². The Bertz CT molecular complexity index is 331. The van der Waals surface area contributed by atoms with Crippen molar-refractivity contribution < 1.29 is 9.90 Å². The molecule has 0 saturated carbocycles. The maximum Gasteiger partial charge on any atom is 0.253 e. The number of pyridine rings is 1. The normalized spacial score (nSPS) is 12.6. The Balaban J connectivity index is 2.75. The first-order valence-corrected chi connectivity index (χ1v) is 4.95. The Labute approximate surface area is 89.3 Å². The van der Waals surface area contributed by atoms with E-state index in [1.165, 1.54) is 6.20 Å². The summed E-state index contributed by atoms with van der Waals surface area (Å²) in [7, 11) is 0. The van der Waals surface area contributed by atoms with E-state index in [4.69, 9.17) is 0 Å². The minimum absolute atomic E-state index is 0.106. The Hall–Kier alpha value is -1.42. The highest BCUT2D eigenvalue weighted by molar-refractivity contribution is 5.93. The summed E-state index contributed by atoms with van der Waals surface area (Å²) in [5.74, 6) is -0.144. The summed E-state index contributed by atoms with van der Waals surface area (Å²) in [6, 6.07) is 3.42. The Morgan fingerprint density at radius 2 is 2.07 bits per heavy atom. The van der Waals surface area contributed by atoms with Crippen molar-refractivity contribution >= 4 is 5.91 Å². The van der Waals surface area contributed by atoms with Crippen LogP contribution < -0.4 is 5.32 Å². The fraction of sp³-hybridized carbons (Fsp3) is 0.455. The molecule has 0 aliphatic rings. The molecular weight excluding hydrogens is 192 g/mol. The summed E-state index contributed by atoms with van der Waals surface area (Å²) in [5.41, 5.74) is 1.07. The van der Waals surface area contributed by atoms with E-state index < -0.39 is 6.10 Å². The summed E-state index contributed by atoms with van der Waals surface area (Å²) < 4.78 is 0. The SMILES string of the molecule is CC(C)NC(=O)c1ccc(C(C)O)nc1. The molecule has 4 heteroatoms. The standard InChI is InChI=1S/C11H16N2O2/c1-7(2)13-11(15)9-4-5-10(8(3)14)12-6-9/h4-8,14H,1-3H3,(H,13,15). The number of aromatic nitrogens is 1. The second kappa shape index (κ2) is 4.89. The van der Waals surface area contributed by atoms with Crippen LogP contribution >= 0.6 is 0 Å². The first kappa shape index (κ1) is 11.7. The molecule has 2 N–H and O–H groups in total. The van der Waals surface area contributed by atoms with Crippen LogP contribution in [0.1, 0.15) is 42.9 Å². The molecule has 4 nitrogen and oxygen atoms in total. The number of carbonyl (C=O) groups excluding carboxylic acids is 1. The predicted octanol–water partition coefficient (Wildman–Crippen LogP) is 1.27. The van der Waals surface area contributed by atoms with Gasteiger partial charge in [0.05, 0.1) is 17.4 Å². The zero-order valence-electron chi connectivity index (χ0n) is 9.19. The lowest BCUT2D eigenvalue weighted by Gasteiger charge is -2.08. The molecule has 1 rings (SSSR count). The largest absolute Gasteiger partial charge is 0.387 e. The van der Waals surface area contributed by atoms with E-state index in [0.29, 0.717) is 11.3 Å². The number of aliphatic hydroxyl groups is 1. The summed E-state index contributed by atoms with van der Waals surface area (Å²) in [5, 5.41) is 12.0. The van der Waals surface area contributed by atoms with Crippen molar-refractivity contribution in [3.8, 4) is 0 Å². The van der Waals surface area contributed by atoms with Crippen LogP contribution in [-0.2, 0) is 0 Å². The number of hydrogen-bond acceptors (Lipinski definition) is 3. The highest BCUT2D eigenvalue weighted by Gasteiger charge is 2.08. The zero-order valence-corrected chi connectivity index (χ0v) is 9.19. The van der Waals surface area contributed by atoms with Gasteiger partial charge in [0.1, 0.15) is 0 Å². The van der Waals surface area contributed by atoms with Crippen LogP contribution in [0.15, 0.2) is 18.3 Å². The molecule has 0 aliphatic heterocycles. The van der Waals surface area contributed by atoms with Gasteiger partial charge in [0.2, 0.25) is 0 Å². The van der Waals surface area contributed by atoms with Crippen molar-refractivity contribution in [2.24, 2.45) is 0 Å². The molecule has 0 radical (unpaired) electrons. The van der Waals surface area contributed by atoms with Gasteiger partial charge in [-0.1, -0.05) is 0 Å². The van der Waals surface area contributed by atoms with Gasteiger partial charge in [0.15, 0.2) is 0 Å². The topological polar surface area (TPSA) is 62.2 Å². The maximum absolute atomic E-state index is 11.5. The first-order chi connectivity index (χ1) is 7.00. The third-order valence-electron chi connectivity index (χ3n) is 1.90. The van der Waals surface area contributed by atoms with Crippen LogP contribution in [0.5, 0.6) is 0 Å². The number of nitrogens with one attached hydrogen (secondary N) is 1. The Morgan fingerprint density at radius 1 is 1.40 bits per heavy atom. The molecule has 0 spiro atoms. The van der Waals surface area contributed by atoms with Gasteiger partial charge in [-0.15, -0.1) is 0 Å². The van der Waals surface area contributed by atoms with Crippen molar-refractivity contribution in [1.82, 2.24) is 10.3 Å². The fourth-order valence-corrected chi connectivity index (χ4v) is 1.13. The van der Waals surface area contributed by atoms with Crippen molar-refractivity contribution in [2.45, 2.75) is 32.9 Å². The average molecular weight is 208 g/mol. The lowest BCUT2D eigenvalue weighted by atomic mass is 10.2. The third kappa shape index (κ3) is 3.32. The fourth-order valence-electron chi connectivity index (χ4n) is 1.13. The highest BCUT2D eigenvalue weighted by Crippen LogP contribution is 2.08. The monoisotopic (exact) mass is 208 g/mol. The molecule has 1 unspecified atom stereocenters. The lowest BCUT2D eigenvalue weighted by molar-refractivity contribution is 0.0942. The van der Waals surface area contributed by atoms with E-state index in [-0.39, 0.29) is 11.9 Å². The van der Waals surface area contributed by atoms with Gasteiger partial charge in [-0.3, -0.25) is 9.78 Å². The van der Waals surface area contributed by atoms with Crippen LogP contribution in [-0.4, -0.2) is 22.0 Å². The molecule has 1 amide bonds. The van der Waals surface area contributed by atoms with Gasteiger partial charge in [-0.2, -0.15) is 0 Å². The number of amides is 1. The van der Waals surface area contributed by atoms with Crippen molar-refractivity contribution in [3.05, 3.63) is 29.6 Å². The average Bonchev–Trinajstić information content (AvgIpc) is 2.17. The van der Waals surface area contributed by atoms with E-state index in [9.17, 15) is 9.90 Å². The number of hydrogen-bond donors (Lipinski definition) is 2. The number of aliphatic hydroxyl groups excluding tert-OH is 1. The molecule has 15 heavy (non-hydrogen) atoms. The molecule has 1 aromatic heterocycles. The highest BCUT2D eigenvalue weighted by atomic mass is 16.3. The smallest absolute Gasteiger partial charge is 0.253 e. The molecule has 82 valence electrons. The molecule has 0 aliphatic carbocycles. The van der Waals surface area contributed by atoms with Crippen molar-refractivity contribution in [3.63, 3.8) is 0 Å². The van der Waals surface area contributed by atoms with Crippen molar-refractivity contribution in [2.75, 3.05) is 0 Å². The second-order valence-corrected chi connectivity index (χ2v) is 3.78. The van der Waals surface area contributed by atoms with Crippen LogP contribution in [0.25, 0.3) is 0 Å². The maximum atomic E-state index is 11.5. The van der Waals surface area contributed by atoms with Gasteiger partial charge in [-0.05, 0) is 32.9 Å². The summed E-state index contributed by atoms with van der Waals surface area (Å²) in [4.78, 5) is 15.5. The minimum Gasteiger partial charge on any atom is -0.387 e. The quantitative estimate of drug-likeness (QED) is 0.786. The van der Waals surface area contributed by atoms with Gasteiger partial charge in [0, 0.05) is 12.2 Å². The van der Waals surface area contributed by atoms with Gasteiger partial charge < -0.3 is 10.4 Å². The van der Waals surface area contributed by atoms with Gasteiger partial charge >= 0.3 is 0 Å². The summed E-state index contributed by atoms with van der Waals surface area (Å²) in [6.45, 7) is 5.43. The van der Waals surface area contributed by atoms with Crippen molar-refractivity contribution in [1.29, 1.82) is 0 Å². The molecule has 1 aromatic rings. The van der Waals surface area contributed by atoms with E-state index >= 15 is 0 Å². The molecule has 0 aromatic carbocycles. The molecule has 1 heterocycles. The zero-order chi connectivity index (χ0) is 11.4. The Kier molecular flexibility index (Phi) is 3.80. The van der Waals surface area contributed by atoms with Gasteiger partial charge in [0.25, 0.3) is 5.91 Å². The molecule has 0 fully saturated rings. The molecule has 0 saturated heterocycles. The van der Waals surface area contributed by atoms with Crippen LogP contribution in [0.2, 0.25) is 0 Å². The lowest BCUT2D eigenvalue weighted by Crippen LogP contribution is -2.30. The second-order valence-electron chi connectivity index (χ2n) is 3.78.